The molecule has 0 aromatic heterocycles. The molecule has 0 unspecified atom stereocenters. The minimum Gasteiger partial charge on any atom is -0.479 e. The van der Waals surface area contributed by atoms with Crippen molar-refractivity contribution in [2.45, 2.75) is 44.5 Å². The number of carboxylic acid groups (broad SMARTS) is 1. The highest BCUT2D eigenvalue weighted by Gasteiger charge is 2.35. The zero-order valence-corrected chi connectivity index (χ0v) is 10.4. The van der Waals surface area contributed by atoms with Crippen LogP contribution in [-0.2, 0) is 19.1 Å². The maximum absolute atomic E-state index is 11.7. The molecule has 98 valence electrons. The maximum Gasteiger partial charge on any atom is 0.332 e. The van der Waals surface area contributed by atoms with E-state index in [2.05, 4.69) is 5.32 Å². The third kappa shape index (κ3) is 3.98. The van der Waals surface area contributed by atoms with Crippen molar-refractivity contribution in [3.05, 3.63) is 0 Å². The lowest BCUT2D eigenvalue weighted by Crippen LogP contribution is -2.44. The summed E-state index contributed by atoms with van der Waals surface area (Å²) in [5.41, 5.74) is -0.444. The molecule has 1 rings (SSSR count). The molecule has 0 saturated carbocycles. The third-order valence-electron chi connectivity index (χ3n) is 2.83. The van der Waals surface area contributed by atoms with E-state index in [1.165, 1.54) is 0 Å². The number of methoxy groups -OCH3 is 1. The van der Waals surface area contributed by atoms with Crippen LogP contribution in [0.15, 0.2) is 0 Å². The average Bonchev–Trinajstić information content (AvgIpc) is 2.75. The monoisotopic (exact) mass is 245 g/mol. The van der Waals surface area contributed by atoms with Gasteiger partial charge in [0, 0.05) is 13.7 Å². The summed E-state index contributed by atoms with van der Waals surface area (Å²) in [4.78, 5) is 22.3. The molecular formula is C11H19NO5. The molecule has 0 spiro atoms. The molecule has 2 N–H and O–H groups in total. The molecule has 1 saturated heterocycles. The van der Waals surface area contributed by atoms with Gasteiger partial charge < -0.3 is 19.9 Å². The zero-order valence-electron chi connectivity index (χ0n) is 10.4. The van der Waals surface area contributed by atoms with E-state index in [1.54, 1.807) is 7.11 Å². The summed E-state index contributed by atoms with van der Waals surface area (Å²) in [5.74, 6) is -1.30. The van der Waals surface area contributed by atoms with Gasteiger partial charge in [-0.3, -0.25) is 4.79 Å². The number of carbonyl (C=O) groups excluding carboxylic acids is 1. The Balaban J connectivity index is 2.37. The van der Waals surface area contributed by atoms with Gasteiger partial charge in [-0.05, 0) is 26.7 Å². The molecule has 1 amide bonds. The van der Waals surface area contributed by atoms with E-state index < -0.39 is 23.8 Å². The van der Waals surface area contributed by atoms with Gasteiger partial charge >= 0.3 is 5.97 Å². The fourth-order valence-corrected chi connectivity index (χ4v) is 1.50. The van der Waals surface area contributed by atoms with Crippen molar-refractivity contribution < 1.29 is 24.2 Å². The van der Waals surface area contributed by atoms with E-state index >= 15 is 0 Å². The van der Waals surface area contributed by atoms with E-state index in [-0.39, 0.29) is 5.91 Å². The zero-order chi connectivity index (χ0) is 13.1. The molecule has 0 radical (unpaired) electrons. The van der Waals surface area contributed by atoms with Crippen molar-refractivity contribution in [1.82, 2.24) is 5.32 Å². The van der Waals surface area contributed by atoms with Crippen LogP contribution in [0.5, 0.6) is 0 Å². The molecule has 6 nitrogen and oxygen atoms in total. The predicted octanol–water partition coefficient (Wildman–Crippen LogP) is 0.160. The molecule has 0 aromatic carbocycles. The minimum atomic E-state index is -1.02. The van der Waals surface area contributed by atoms with E-state index in [1.807, 2.05) is 13.8 Å². The number of rotatable bonds is 5. The second-order valence-electron chi connectivity index (χ2n) is 4.71. The molecule has 1 fully saturated rings. The molecule has 2 atom stereocenters. The van der Waals surface area contributed by atoms with Gasteiger partial charge in [-0.25, -0.2) is 4.79 Å². The Morgan fingerprint density at radius 3 is 2.47 bits per heavy atom. The Morgan fingerprint density at radius 2 is 2.00 bits per heavy atom. The highest BCUT2D eigenvalue weighted by Crippen LogP contribution is 2.20. The van der Waals surface area contributed by atoms with Crippen molar-refractivity contribution in [1.29, 1.82) is 0 Å². The van der Waals surface area contributed by atoms with Gasteiger partial charge in [0.1, 0.15) is 6.10 Å². The number of carbonyl (C=O) groups is 2. The number of ether oxygens (including phenoxy) is 2. The molecule has 0 aliphatic carbocycles. The van der Waals surface area contributed by atoms with Crippen LogP contribution in [0.4, 0.5) is 0 Å². The minimum absolute atomic E-state index is 0.279. The Hall–Kier alpha value is -1.14. The molecule has 1 heterocycles. The number of hydrogen-bond donors (Lipinski definition) is 2. The number of amides is 1. The first-order valence-electron chi connectivity index (χ1n) is 5.57. The molecule has 0 aromatic rings. The van der Waals surface area contributed by atoms with E-state index in [0.29, 0.717) is 19.4 Å². The topological polar surface area (TPSA) is 84.9 Å². The summed E-state index contributed by atoms with van der Waals surface area (Å²) in [7, 11) is 1.57. The van der Waals surface area contributed by atoms with Gasteiger partial charge in [-0.15, -0.1) is 0 Å². The first-order chi connectivity index (χ1) is 7.85. The van der Waals surface area contributed by atoms with E-state index in [4.69, 9.17) is 14.6 Å². The maximum atomic E-state index is 11.7. The van der Waals surface area contributed by atoms with Crippen LogP contribution < -0.4 is 5.32 Å². The van der Waals surface area contributed by atoms with Crippen molar-refractivity contribution in [2.24, 2.45) is 0 Å². The highest BCUT2D eigenvalue weighted by molar-refractivity contribution is 5.82. The quantitative estimate of drug-likeness (QED) is 0.720. The summed E-state index contributed by atoms with van der Waals surface area (Å²) in [6.07, 6.45) is -0.706. The van der Waals surface area contributed by atoms with E-state index in [9.17, 15) is 9.59 Å². The summed E-state index contributed by atoms with van der Waals surface area (Å²) < 4.78 is 10.3. The number of carboxylic acids is 1. The van der Waals surface area contributed by atoms with Crippen molar-refractivity contribution >= 4 is 11.9 Å². The van der Waals surface area contributed by atoms with Gasteiger partial charge in [-0.1, -0.05) is 0 Å². The largest absolute Gasteiger partial charge is 0.479 e. The van der Waals surface area contributed by atoms with Gasteiger partial charge in [0.2, 0.25) is 5.91 Å². The fraction of sp³-hybridized carbons (Fsp3) is 0.818. The van der Waals surface area contributed by atoms with Gasteiger partial charge in [0.05, 0.1) is 5.60 Å². The van der Waals surface area contributed by atoms with Crippen LogP contribution in [0.2, 0.25) is 0 Å². The second kappa shape index (κ2) is 5.46. The van der Waals surface area contributed by atoms with Crippen molar-refractivity contribution in [2.75, 3.05) is 13.7 Å². The van der Waals surface area contributed by atoms with Crippen LogP contribution in [0.25, 0.3) is 0 Å². The SMILES string of the molecule is COC(C)(C)CNC(=O)[C@@H]1CC[C@H](C(=O)O)O1. The predicted molar refractivity (Wildman–Crippen MR) is 59.6 cm³/mol. The fourth-order valence-electron chi connectivity index (χ4n) is 1.50. The number of hydrogen-bond acceptors (Lipinski definition) is 4. The summed E-state index contributed by atoms with van der Waals surface area (Å²) in [6.45, 7) is 4.06. The Kier molecular flexibility index (Phi) is 4.47. The molecule has 0 bridgehead atoms. The van der Waals surface area contributed by atoms with Crippen LogP contribution in [0.3, 0.4) is 0 Å². The second-order valence-corrected chi connectivity index (χ2v) is 4.71. The Labute approximate surface area is 100 Å². The highest BCUT2D eigenvalue weighted by atomic mass is 16.5. The Bertz CT molecular complexity index is 302. The summed E-state index contributed by atoms with van der Waals surface area (Å²) in [5, 5.41) is 11.4. The lowest BCUT2D eigenvalue weighted by atomic mass is 10.1. The van der Waals surface area contributed by atoms with Crippen LogP contribution in [0.1, 0.15) is 26.7 Å². The molecule has 1 aliphatic rings. The molecule has 1 aliphatic heterocycles. The Morgan fingerprint density at radius 1 is 1.41 bits per heavy atom. The normalized spacial score (nSPS) is 24.6. The lowest BCUT2D eigenvalue weighted by Gasteiger charge is -2.24. The summed E-state index contributed by atoms with van der Waals surface area (Å²) >= 11 is 0. The van der Waals surface area contributed by atoms with Crippen molar-refractivity contribution in [3.63, 3.8) is 0 Å². The molecular weight excluding hydrogens is 226 g/mol. The average molecular weight is 245 g/mol. The first kappa shape index (κ1) is 13.9. The number of aliphatic carboxylic acids is 1. The lowest BCUT2D eigenvalue weighted by molar-refractivity contribution is -0.152. The van der Waals surface area contributed by atoms with Gasteiger partial charge in [-0.2, -0.15) is 0 Å². The third-order valence-corrected chi connectivity index (χ3v) is 2.83. The van der Waals surface area contributed by atoms with Crippen LogP contribution in [0, 0.1) is 0 Å². The number of nitrogens with one attached hydrogen (secondary N) is 1. The molecule has 6 heteroatoms. The van der Waals surface area contributed by atoms with Crippen LogP contribution >= 0.6 is 0 Å². The standard InChI is InChI=1S/C11H19NO5/c1-11(2,16-3)6-12-9(13)7-4-5-8(17-7)10(14)15/h7-8H,4-6H2,1-3H3,(H,12,13)(H,14,15)/t7-,8+/m0/s1. The van der Waals surface area contributed by atoms with E-state index in [0.717, 1.165) is 0 Å². The van der Waals surface area contributed by atoms with Gasteiger partial charge in [0.15, 0.2) is 6.10 Å². The molecule has 17 heavy (non-hydrogen) atoms. The van der Waals surface area contributed by atoms with Gasteiger partial charge in [0.25, 0.3) is 0 Å². The first-order valence-corrected chi connectivity index (χ1v) is 5.57. The summed E-state index contributed by atoms with van der Waals surface area (Å²) in [6, 6.07) is 0. The smallest absolute Gasteiger partial charge is 0.332 e. The van der Waals surface area contributed by atoms with Crippen molar-refractivity contribution in [3.8, 4) is 0 Å². The van der Waals surface area contributed by atoms with Crippen LogP contribution in [-0.4, -0.2) is 48.4 Å².